The van der Waals surface area contributed by atoms with Crippen molar-refractivity contribution in [1.82, 2.24) is 9.55 Å². The third kappa shape index (κ3) is 2.39. The molecule has 21 heavy (non-hydrogen) atoms. The molecule has 0 amide bonds. The minimum absolute atomic E-state index is 0.0458. The van der Waals surface area contributed by atoms with Crippen LogP contribution in [0, 0.1) is 12.7 Å². The number of hydrogen-bond acceptors (Lipinski definition) is 1. The smallest absolute Gasteiger partial charge is 0.144 e. The fourth-order valence-electron chi connectivity index (χ4n) is 2.32. The van der Waals surface area contributed by atoms with E-state index in [0.29, 0.717) is 21.9 Å². The third-order valence-electron chi connectivity index (χ3n) is 3.37. The molecule has 1 heterocycles. The summed E-state index contributed by atoms with van der Waals surface area (Å²) in [6.07, 6.45) is 0. The lowest BCUT2D eigenvalue weighted by atomic mass is 10.2. The summed E-state index contributed by atoms with van der Waals surface area (Å²) >= 11 is 18.1. The van der Waals surface area contributed by atoms with Crippen molar-refractivity contribution >= 4 is 45.8 Å². The van der Waals surface area contributed by atoms with Crippen LogP contribution in [-0.4, -0.2) is 9.55 Å². The van der Waals surface area contributed by atoms with Crippen molar-refractivity contribution in [2.75, 3.05) is 0 Å². The number of imidazole rings is 1. The van der Waals surface area contributed by atoms with Crippen LogP contribution in [0.4, 0.5) is 4.39 Å². The number of fused-ring (bicyclic) bond motifs is 1. The highest BCUT2D eigenvalue weighted by atomic mass is 35.5. The number of rotatable bonds is 2. The molecule has 0 unspecified atom stereocenters. The molecule has 2 nitrogen and oxygen atoms in total. The van der Waals surface area contributed by atoms with Gasteiger partial charge < -0.3 is 0 Å². The van der Waals surface area contributed by atoms with E-state index in [-0.39, 0.29) is 10.9 Å². The summed E-state index contributed by atoms with van der Waals surface area (Å²) < 4.78 is 15.5. The summed E-state index contributed by atoms with van der Waals surface area (Å²) in [5.74, 6) is 0.302. The minimum atomic E-state index is -0.502. The van der Waals surface area contributed by atoms with Crippen LogP contribution in [0.25, 0.3) is 16.7 Å². The third-order valence-corrected chi connectivity index (χ3v) is 4.30. The van der Waals surface area contributed by atoms with Gasteiger partial charge in [-0.05, 0) is 30.7 Å². The van der Waals surface area contributed by atoms with E-state index in [2.05, 4.69) is 4.98 Å². The molecule has 0 saturated heterocycles. The van der Waals surface area contributed by atoms with Crippen molar-refractivity contribution in [2.45, 2.75) is 12.8 Å². The molecule has 0 atom stereocenters. The summed E-state index contributed by atoms with van der Waals surface area (Å²) in [4.78, 5) is 4.37. The predicted octanol–water partition coefficient (Wildman–Crippen LogP) is 5.52. The van der Waals surface area contributed by atoms with Gasteiger partial charge in [0.25, 0.3) is 0 Å². The average Bonchev–Trinajstić information content (AvgIpc) is 2.80. The second-order valence-electron chi connectivity index (χ2n) is 4.64. The molecule has 0 radical (unpaired) electrons. The van der Waals surface area contributed by atoms with Gasteiger partial charge in [0.1, 0.15) is 11.6 Å². The lowest BCUT2D eigenvalue weighted by molar-refractivity contribution is 0.630. The Labute approximate surface area is 136 Å². The zero-order valence-corrected chi connectivity index (χ0v) is 13.3. The molecular weight excluding hydrogens is 334 g/mol. The van der Waals surface area contributed by atoms with Crippen LogP contribution in [0.2, 0.25) is 10.0 Å². The van der Waals surface area contributed by atoms with E-state index in [1.807, 2.05) is 29.7 Å². The molecule has 0 N–H and O–H groups in total. The summed E-state index contributed by atoms with van der Waals surface area (Å²) in [6.45, 7) is 1.91. The summed E-state index contributed by atoms with van der Waals surface area (Å²) in [5, 5.41) is 0.688. The molecule has 3 rings (SSSR count). The van der Waals surface area contributed by atoms with Gasteiger partial charge in [-0.15, -0.1) is 11.6 Å². The number of benzene rings is 2. The first-order chi connectivity index (χ1) is 10.0. The van der Waals surface area contributed by atoms with Crippen molar-refractivity contribution in [3.05, 3.63) is 57.6 Å². The van der Waals surface area contributed by atoms with E-state index in [1.165, 1.54) is 6.07 Å². The Bertz CT molecular complexity index is 843. The van der Waals surface area contributed by atoms with Gasteiger partial charge >= 0.3 is 0 Å². The zero-order valence-electron chi connectivity index (χ0n) is 11.0. The standard InChI is InChI=1S/C15H10Cl3FN2/c1-8-9(17)3-2-4-13(8)21-14-5-10(18)11(19)6-12(14)20-15(21)7-16/h2-6H,7H2,1H3. The monoisotopic (exact) mass is 342 g/mol. The summed E-state index contributed by atoms with van der Waals surface area (Å²) in [7, 11) is 0. The first kappa shape index (κ1) is 14.6. The highest BCUT2D eigenvalue weighted by molar-refractivity contribution is 6.32. The second kappa shape index (κ2) is 5.48. The average molecular weight is 344 g/mol. The van der Waals surface area contributed by atoms with Crippen LogP contribution >= 0.6 is 34.8 Å². The zero-order chi connectivity index (χ0) is 15.1. The van der Waals surface area contributed by atoms with E-state index in [1.54, 1.807) is 6.07 Å². The van der Waals surface area contributed by atoms with Crippen LogP contribution in [0.15, 0.2) is 30.3 Å². The van der Waals surface area contributed by atoms with E-state index in [9.17, 15) is 4.39 Å². The molecule has 2 aromatic carbocycles. The fourth-order valence-corrected chi connectivity index (χ4v) is 2.83. The van der Waals surface area contributed by atoms with Gasteiger partial charge in [-0.3, -0.25) is 4.57 Å². The van der Waals surface area contributed by atoms with Gasteiger partial charge in [0, 0.05) is 11.1 Å². The van der Waals surface area contributed by atoms with Crippen LogP contribution in [0.1, 0.15) is 11.4 Å². The van der Waals surface area contributed by atoms with Crippen molar-refractivity contribution in [2.24, 2.45) is 0 Å². The fraction of sp³-hybridized carbons (Fsp3) is 0.133. The lowest BCUT2D eigenvalue weighted by Crippen LogP contribution is -2.02. The number of aromatic nitrogens is 2. The van der Waals surface area contributed by atoms with Gasteiger partial charge in [0.2, 0.25) is 0 Å². The maximum atomic E-state index is 13.6. The van der Waals surface area contributed by atoms with Crippen LogP contribution in [0.3, 0.4) is 0 Å². The number of hydrogen-bond donors (Lipinski definition) is 0. The highest BCUT2D eigenvalue weighted by Gasteiger charge is 2.16. The van der Waals surface area contributed by atoms with Gasteiger partial charge in [0.15, 0.2) is 0 Å². The molecule has 3 aromatic rings. The topological polar surface area (TPSA) is 17.8 Å². The Morgan fingerprint density at radius 1 is 1.19 bits per heavy atom. The van der Waals surface area contributed by atoms with Gasteiger partial charge in [-0.2, -0.15) is 0 Å². The Kier molecular flexibility index (Phi) is 3.82. The Hall–Kier alpha value is -1.29. The van der Waals surface area contributed by atoms with Crippen LogP contribution < -0.4 is 0 Å². The maximum absolute atomic E-state index is 13.6. The summed E-state index contributed by atoms with van der Waals surface area (Å²) in [5.41, 5.74) is 2.95. The molecule has 6 heteroatoms. The molecule has 0 aliphatic heterocycles. The van der Waals surface area contributed by atoms with Crippen molar-refractivity contribution < 1.29 is 4.39 Å². The Morgan fingerprint density at radius 3 is 2.67 bits per heavy atom. The molecular formula is C15H10Cl3FN2. The van der Waals surface area contributed by atoms with Crippen molar-refractivity contribution in [3.63, 3.8) is 0 Å². The SMILES string of the molecule is Cc1c(Cl)cccc1-n1c(CCl)nc2cc(F)c(Cl)cc21. The molecule has 0 aliphatic carbocycles. The normalized spacial score (nSPS) is 11.3. The molecule has 0 aliphatic rings. The molecule has 0 bridgehead atoms. The second-order valence-corrected chi connectivity index (χ2v) is 5.72. The number of nitrogens with zero attached hydrogens (tertiary/aromatic N) is 2. The number of halogens is 4. The van der Waals surface area contributed by atoms with Crippen LogP contribution in [-0.2, 0) is 5.88 Å². The van der Waals surface area contributed by atoms with Gasteiger partial charge in [-0.1, -0.05) is 29.3 Å². The number of alkyl halides is 1. The first-order valence-electron chi connectivity index (χ1n) is 6.20. The van der Waals surface area contributed by atoms with E-state index >= 15 is 0 Å². The Morgan fingerprint density at radius 2 is 1.95 bits per heavy atom. The quantitative estimate of drug-likeness (QED) is 0.560. The van der Waals surface area contributed by atoms with E-state index in [4.69, 9.17) is 34.8 Å². The summed E-state index contributed by atoms with van der Waals surface area (Å²) in [6, 6.07) is 8.43. The molecule has 0 fully saturated rings. The Balaban J connectivity index is 2.40. The lowest BCUT2D eigenvalue weighted by Gasteiger charge is -2.12. The maximum Gasteiger partial charge on any atom is 0.144 e. The predicted molar refractivity (Wildman–Crippen MR) is 85.3 cm³/mol. The molecule has 0 saturated carbocycles. The van der Waals surface area contributed by atoms with Crippen molar-refractivity contribution in [1.29, 1.82) is 0 Å². The van der Waals surface area contributed by atoms with Gasteiger partial charge in [0.05, 0.1) is 27.6 Å². The molecule has 1 aromatic heterocycles. The highest BCUT2D eigenvalue weighted by Crippen LogP contribution is 2.30. The van der Waals surface area contributed by atoms with Gasteiger partial charge in [-0.25, -0.2) is 9.37 Å². The van der Waals surface area contributed by atoms with E-state index < -0.39 is 5.82 Å². The van der Waals surface area contributed by atoms with Crippen molar-refractivity contribution in [3.8, 4) is 5.69 Å². The first-order valence-corrected chi connectivity index (χ1v) is 7.49. The molecule has 0 spiro atoms. The molecule has 108 valence electrons. The van der Waals surface area contributed by atoms with Crippen LogP contribution in [0.5, 0.6) is 0 Å². The minimum Gasteiger partial charge on any atom is -0.295 e. The largest absolute Gasteiger partial charge is 0.295 e. The van der Waals surface area contributed by atoms with E-state index in [0.717, 1.165) is 11.3 Å².